The monoisotopic (exact) mass is 492 g/mol. The summed E-state index contributed by atoms with van der Waals surface area (Å²) in [6.07, 6.45) is 1.43. The fourth-order valence-corrected chi connectivity index (χ4v) is 4.65. The predicted molar refractivity (Wildman–Crippen MR) is 151 cm³/mol. The molecule has 0 aromatic heterocycles. The predicted octanol–water partition coefficient (Wildman–Crippen LogP) is 6.18. The number of hydrogen-bond donors (Lipinski definition) is 1. The molecule has 37 heavy (non-hydrogen) atoms. The van der Waals surface area contributed by atoms with Gasteiger partial charge in [0.1, 0.15) is 6.04 Å². The molecule has 4 aromatic carbocycles. The summed E-state index contributed by atoms with van der Waals surface area (Å²) in [6.45, 7) is 5.11. The average Bonchev–Trinajstić information content (AvgIpc) is 2.93. The van der Waals surface area contributed by atoms with Gasteiger partial charge in [-0.15, -0.1) is 0 Å². The molecule has 4 heteroatoms. The van der Waals surface area contributed by atoms with Gasteiger partial charge in [0.05, 0.1) is 0 Å². The Labute approximate surface area is 220 Å². The summed E-state index contributed by atoms with van der Waals surface area (Å²) in [5, 5.41) is 5.43. The highest BCUT2D eigenvalue weighted by Crippen LogP contribution is 2.21. The third-order valence-electron chi connectivity index (χ3n) is 6.64. The van der Waals surface area contributed by atoms with Gasteiger partial charge < -0.3 is 10.2 Å². The maximum Gasteiger partial charge on any atom is 0.243 e. The van der Waals surface area contributed by atoms with Crippen LogP contribution in [0, 0.1) is 5.92 Å². The second kappa shape index (κ2) is 12.9. The lowest BCUT2D eigenvalue weighted by atomic mass is 9.99. The lowest BCUT2D eigenvalue weighted by Crippen LogP contribution is -2.51. The molecular formula is C33H36N2O2. The van der Waals surface area contributed by atoms with E-state index in [1.807, 2.05) is 78.9 Å². The van der Waals surface area contributed by atoms with Gasteiger partial charge in [-0.1, -0.05) is 117 Å². The Kier molecular flexibility index (Phi) is 9.09. The molecule has 0 aliphatic heterocycles. The molecule has 0 radical (unpaired) electrons. The third-order valence-corrected chi connectivity index (χ3v) is 6.64. The molecule has 0 spiro atoms. The van der Waals surface area contributed by atoms with Gasteiger partial charge in [0.25, 0.3) is 0 Å². The minimum atomic E-state index is -0.596. The first kappa shape index (κ1) is 26.2. The Morgan fingerprint density at radius 3 is 2.08 bits per heavy atom. The van der Waals surface area contributed by atoms with Crippen molar-refractivity contribution in [1.82, 2.24) is 10.2 Å². The van der Waals surface area contributed by atoms with Crippen molar-refractivity contribution in [2.75, 3.05) is 6.54 Å². The number of nitrogens with zero attached hydrogens (tertiary/aromatic N) is 1. The highest BCUT2D eigenvalue weighted by Gasteiger charge is 2.30. The van der Waals surface area contributed by atoms with E-state index in [9.17, 15) is 9.59 Å². The van der Waals surface area contributed by atoms with Crippen LogP contribution in [0.2, 0.25) is 0 Å². The largest absolute Gasteiger partial charge is 0.354 e. The molecule has 0 bridgehead atoms. The van der Waals surface area contributed by atoms with E-state index in [2.05, 4.69) is 43.4 Å². The van der Waals surface area contributed by atoms with Crippen molar-refractivity contribution in [2.45, 2.75) is 45.7 Å². The van der Waals surface area contributed by atoms with Crippen LogP contribution in [0.3, 0.4) is 0 Å². The summed E-state index contributed by atoms with van der Waals surface area (Å²) < 4.78 is 0. The highest BCUT2D eigenvalue weighted by atomic mass is 16.2. The van der Waals surface area contributed by atoms with Crippen molar-refractivity contribution in [2.24, 2.45) is 5.92 Å². The van der Waals surface area contributed by atoms with Crippen LogP contribution in [-0.2, 0) is 29.0 Å². The second-order valence-electron chi connectivity index (χ2n) is 9.99. The summed E-state index contributed by atoms with van der Waals surface area (Å²) in [6, 6.07) is 33.8. The molecule has 0 aliphatic rings. The van der Waals surface area contributed by atoms with E-state index >= 15 is 0 Å². The fraction of sp³-hybridized carbons (Fsp3) is 0.273. The van der Waals surface area contributed by atoms with Crippen LogP contribution in [0.1, 0.15) is 37.0 Å². The number of fused-ring (bicyclic) bond motifs is 1. The first-order valence-electron chi connectivity index (χ1n) is 13.1. The average molecular weight is 493 g/mol. The Hall–Kier alpha value is -3.92. The quantitative estimate of drug-likeness (QED) is 0.272. The zero-order valence-corrected chi connectivity index (χ0v) is 21.8. The van der Waals surface area contributed by atoms with Crippen LogP contribution in [0.15, 0.2) is 103 Å². The molecule has 0 heterocycles. The number of benzene rings is 4. The zero-order valence-electron chi connectivity index (χ0n) is 21.8. The van der Waals surface area contributed by atoms with Crippen molar-refractivity contribution >= 4 is 22.6 Å². The van der Waals surface area contributed by atoms with Crippen molar-refractivity contribution in [3.63, 3.8) is 0 Å². The van der Waals surface area contributed by atoms with E-state index in [1.54, 1.807) is 4.90 Å². The molecule has 190 valence electrons. The normalized spacial score (nSPS) is 11.9. The molecule has 0 fully saturated rings. The summed E-state index contributed by atoms with van der Waals surface area (Å²) >= 11 is 0. The maximum atomic E-state index is 13.9. The third kappa shape index (κ3) is 7.29. The molecular weight excluding hydrogens is 456 g/mol. The zero-order chi connectivity index (χ0) is 26.0. The first-order valence-corrected chi connectivity index (χ1v) is 13.1. The lowest BCUT2D eigenvalue weighted by Gasteiger charge is -2.32. The number of carbonyl (C=O) groups excluding carboxylic acids is 2. The Bertz CT molecular complexity index is 1300. The van der Waals surface area contributed by atoms with Gasteiger partial charge in [0.15, 0.2) is 0 Å². The number of carbonyl (C=O) groups is 2. The molecule has 0 aliphatic carbocycles. The van der Waals surface area contributed by atoms with Gasteiger partial charge in [-0.2, -0.15) is 0 Å². The van der Waals surface area contributed by atoms with Crippen molar-refractivity contribution in [1.29, 1.82) is 0 Å². The van der Waals surface area contributed by atoms with Crippen LogP contribution in [0.25, 0.3) is 10.8 Å². The molecule has 4 aromatic rings. The number of aryl methyl sites for hydroxylation is 1. The maximum absolute atomic E-state index is 13.9. The van der Waals surface area contributed by atoms with Crippen molar-refractivity contribution in [3.8, 4) is 0 Å². The van der Waals surface area contributed by atoms with E-state index in [0.717, 1.165) is 16.7 Å². The number of hydrogen-bond acceptors (Lipinski definition) is 2. The van der Waals surface area contributed by atoms with Gasteiger partial charge >= 0.3 is 0 Å². The minimum absolute atomic E-state index is 0.0163. The van der Waals surface area contributed by atoms with E-state index in [1.165, 1.54) is 10.8 Å². The first-order chi connectivity index (χ1) is 18.0. The van der Waals surface area contributed by atoms with Gasteiger partial charge in [-0.3, -0.25) is 9.59 Å². The Morgan fingerprint density at radius 2 is 1.38 bits per heavy atom. The van der Waals surface area contributed by atoms with Gasteiger partial charge in [0, 0.05) is 25.9 Å². The Morgan fingerprint density at radius 1 is 0.757 bits per heavy atom. The molecule has 4 nitrogen and oxygen atoms in total. The Balaban J connectivity index is 1.62. The van der Waals surface area contributed by atoms with Gasteiger partial charge in [0.2, 0.25) is 11.8 Å². The minimum Gasteiger partial charge on any atom is -0.354 e. The van der Waals surface area contributed by atoms with Crippen molar-refractivity contribution in [3.05, 3.63) is 120 Å². The van der Waals surface area contributed by atoms with E-state index < -0.39 is 6.04 Å². The molecule has 0 saturated carbocycles. The summed E-state index contributed by atoms with van der Waals surface area (Å²) in [5.74, 6) is 0.204. The summed E-state index contributed by atoms with van der Waals surface area (Å²) in [4.78, 5) is 29.2. The SMILES string of the molecule is CC(C)CNC(=O)[C@@H](Cc1ccccc1)N(Cc1ccccc1)C(=O)CCc1cccc2ccccc12. The van der Waals surface area contributed by atoms with Gasteiger partial charge in [-0.05, 0) is 39.8 Å². The second-order valence-corrected chi connectivity index (χ2v) is 9.99. The molecule has 0 saturated heterocycles. The van der Waals surface area contributed by atoms with Crippen molar-refractivity contribution < 1.29 is 9.59 Å². The summed E-state index contributed by atoms with van der Waals surface area (Å²) in [7, 11) is 0. The molecule has 2 amide bonds. The van der Waals surface area contributed by atoms with E-state index in [0.29, 0.717) is 38.3 Å². The standard InChI is InChI=1S/C33H36N2O2/c1-25(2)23-34-33(37)31(22-26-12-5-3-6-13-26)35(24-27-14-7-4-8-15-27)32(36)21-20-29-18-11-17-28-16-9-10-19-30(28)29/h3-19,25,31H,20-24H2,1-2H3,(H,34,37)/t31-/m1/s1. The van der Waals surface area contributed by atoms with Gasteiger partial charge in [-0.25, -0.2) is 0 Å². The smallest absolute Gasteiger partial charge is 0.243 e. The topological polar surface area (TPSA) is 49.4 Å². The lowest BCUT2D eigenvalue weighted by molar-refractivity contribution is -0.141. The molecule has 1 atom stereocenters. The number of rotatable bonds is 11. The van der Waals surface area contributed by atoms with Crippen LogP contribution >= 0.6 is 0 Å². The highest BCUT2D eigenvalue weighted by molar-refractivity contribution is 5.89. The van der Waals surface area contributed by atoms with Crippen LogP contribution in [0.5, 0.6) is 0 Å². The van der Waals surface area contributed by atoms with Crippen LogP contribution in [-0.4, -0.2) is 29.3 Å². The molecule has 4 rings (SSSR count). The molecule has 0 unspecified atom stereocenters. The fourth-order valence-electron chi connectivity index (χ4n) is 4.65. The molecule has 1 N–H and O–H groups in total. The van der Waals surface area contributed by atoms with E-state index in [-0.39, 0.29) is 11.8 Å². The van der Waals surface area contributed by atoms with Crippen LogP contribution < -0.4 is 5.32 Å². The number of nitrogens with one attached hydrogen (secondary N) is 1. The van der Waals surface area contributed by atoms with E-state index in [4.69, 9.17) is 0 Å². The summed E-state index contributed by atoms with van der Waals surface area (Å²) in [5.41, 5.74) is 3.19. The number of amides is 2. The van der Waals surface area contributed by atoms with Crippen LogP contribution in [0.4, 0.5) is 0 Å².